The molecule has 3 aliphatic rings. The Balaban J connectivity index is 1.30. The minimum Gasteiger partial charge on any atom is -0.343 e. The van der Waals surface area contributed by atoms with E-state index in [1.807, 2.05) is 0 Å². The SMILES string of the molecule is O=C(CCC1CCCCC1)N1CCC(NCC2CC2)CC1. The number of carbonyl (C=O) groups excluding carboxylic acids is 1. The zero-order chi connectivity index (χ0) is 14.5. The van der Waals surface area contributed by atoms with E-state index in [-0.39, 0.29) is 0 Å². The number of amides is 1. The number of hydrogen-bond donors (Lipinski definition) is 1. The lowest BCUT2D eigenvalue weighted by molar-refractivity contribution is -0.132. The Kier molecular flexibility index (Phi) is 5.56. The second kappa shape index (κ2) is 7.62. The topological polar surface area (TPSA) is 32.3 Å². The van der Waals surface area contributed by atoms with Crippen LogP contribution in [0.4, 0.5) is 0 Å². The number of carbonyl (C=O) groups is 1. The van der Waals surface area contributed by atoms with Gasteiger partial charge in [0.1, 0.15) is 0 Å². The van der Waals surface area contributed by atoms with Gasteiger partial charge >= 0.3 is 0 Å². The standard InChI is InChI=1S/C18H32N2O/c21-18(9-8-15-4-2-1-3-5-15)20-12-10-17(11-13-20)19-14-16-6-7-16/h15-17,19H,1-14H2. The molecular formula is C18H32N2O. The average Bonchev–Trinajstić information content (AvgIpc) is 3.36. The number of rotatable bonds is 6. The van der Waals surface area contributed by atoms with E-state index in [4.69, 9.17) is 0 Å². The van der Waals surface area contributed by atoms with Crippen LogP contribution in [0.25, 0.3) is 0 Å². The summed E-state index contributed by atoms with van der Waals surface area (Å²) in [6.45, 7) is 3.16. The lowest BCUT2D eigenvalue weighted by Crippen LogP contribution is -2.45. The number of piperidine rings is 1. The quantitative estimate of drug-likeness (QED) is 0.814. The van der Waals surface area contributed by atoms with Gasteiger partial charge < -0.3 is 10.2 Å². The van der Waals surface area contributed by atoms with Crippen molar-refractivity contribution in [1.29, 1.82) is 0 Å². The van der Waals surface area contributed by atoms with Crippen LogP contribution in [0.3, 0.4) is 0 Å². The van der Waals surface area contributed by atoms with Crippen molar-refractivity contribution in [3.05, 3.63) is 0 Å². The Bertz CT molecular complexity index is 326. The molecule has 0 atom stereocenters. The van der Waals surface area contributed by atoms with E-state index in [0.29, 0.717) is 11.9 Å². The van der Waals surface area contributed by atoms with Crippen molar-refractivity contribution in [2.45, 2.75) is 76.7 Å². The maximum Gasteiger partial charge on any atom is 0.222 e. The van der Waals surface area contributed by atoms with Crippen LogP contribution >= 0.6 is 0 Å². The number of nitrogens with one attached hydrogen (secondary N) is 1. The van der Waals surface area contributed by atoms with Gasteiger partial charge in [0.05, 0.1) is 0 Å². The van der Waals surface area contributed by atoms with E-state index in [0.717, 1.165) is 50.6 Å². The third kappa shape index (κ3) is 4.98. The van der Waals surface area contributed by atoms with Crippen LogP contribution in [-0.2, 0) is 4.79 Å². The molecule has 21 heavy (non-hydrogen) atoms. The van der Waals surface area contributed by atoms with Crippen molar-refractivity contribution < 1.29 is 4.79 Å². The van der Waals surface area contributed by atoms with Crippen LogP contribution in [0, 0.1) is 11.8 Å². The molecule has 0 bridgehead atoms. The van der Waals surface area contributed by atoms with E-state index < -0.39 is 0 Å². The molecule has 2 saturated carbocycles. The highest BCUT2D eigenvalue weighted by atomic mass is 16.2. The van der Waals surface area contributed by atoms with Crippen LogP contribution in [0.1, 0.15) is 70.6 Å². The first kappa shape index (κ1) is 15.3. The molecule has 0 aromatic carbocycles. The van der Waals surface area contributed by atoms with Crippen molar-refractivity contribution in [2.75, 3.05) is 19.6 Å². The molecule has 0 unspecified atom stereocenters. The first-order valence-electron chi connectivity index (χ1n) is 9.32. The fourth-order valence-electron chi connectivity index (χ4n) is 3.95. The Labute approximate surface area is 129 Å². The Morgan fingerprint density at radius 3 is 2.29 bits per heavy atom. The van der Waals surface area contributed by atoms with Gasteiger partial charge in [0.2, 0.25) is 5.91 Å². The van der Waals surface area contributed by atoms with Crippen molar-refractivity contribution in [2.24, 2.45) is 11.8 Å². The molecule has 1 amide bonds. The van der Waals surface area contributed by atoms with Crippen LogP contribution in [0.15, 0.2) is 0 Å². The number of likely N-dealkylation sites (tertiary alicyclic amines) is 1. The lowest BCUT2D eigenvalue weighted by Gasteiger charge is -2.33. The van der Waals surface area contributed by atoms with Crippen molar-refractivity contribution in [3.8, 4) is 0 Å². The minimum absolute atomic E-state index is 0.418. The van der Waals surface area contributed by atoms with Gasteiger partial charge in [0, 0.05) is 25.6 Å². The number of nitrogens with zero attached hydrogens (tertiary/aromatic N) is 1. The molecule has 0 aromatic heterocycles. The monoisotopic (exact) mass is 292 g/mol. The van der Waals surface area contributed by atoms with Crippen LogP contribution in [-0.4, -0.2) is 36.5 Å². The highest BCUT2D eigenvalue weighted by Gasteiger charge is 2.26. The maximum atomic E-state index is 12.3. The summed E-state index contributed by atoms with van der Waals surface area (Å²) in [4.78, 5) is 14.5. The predicted molar refractivity (Wildman–Crippen MR) is 86.1 cm³/mol. The Morgan fingerprint density at radius 1 is 0.905 bits per heavy atom. The lowest BCUT2D eigenvalue weighted by atomic mass is 9.86. The maximum absolute atomic E-state index is 12.3. The molecule has 0 spiro atoms. The molecule has 1 aliphatic heterocycles. The molecule has 1 N–H and O–H groups in total. The van der Waals surface area contributed by atoms with Crippen molar-refractivity contribution in [3.63, 3.8) is 0 Å². The van der Waals surface area contributed by atoms with Gasteiger partial charge in [-0.15, -0.1) is 0 Å². The van der Waals surface area contributed by atoms with Crippen LogP contribution in [0.2, 0.25) is 0 Å². The molecule has 120 valence electrons. The third-order valence-electron chi connectivity index (χ3n) is 5.73. The van der Waals surface area contributed by atoms with E-state index in [9.17, 15) is 4.79 Å². The molecule has 1 heterocycles. The van der Waals surface area contributed by atoms with E-state index in [1.54, 1.807) is 0 Å². The summed E-state index contributed by atoms with van der Waals surface area (Å²) in [7, 11) is 0. The van der Waals surface area contributed by atoms with Gasteiger partial charge in [0.15, 0.2) is 0 Å². The Hall–Kier alpha value is -0.570. The normalized spacial score (nSPS) is 25.2. The van der Waals surface area contributed by atoms with E-state index in [2.05, 4.69) is 10.2 Å². The summed E-state index contributed by atoms with van der Waals surface area (Å²) in [5, 5.41) is 3.69. The largest absolute Gasteiger partial charge is 0.343 e. The second-order valence-electron chi connectivity index (χ2n) is 7.55. The summed E-state index contributed by atoms with van der Waals surface area (Å²) >= 11 is 0. The van der Waals surface area contributed by atoms with Gasteiger partial charge in [-0.25, -0.2) is 0 Å². The summed E-state index contributed by atoms with van der Waals surface area (Å²) in [6, 6.07) is 0.660. The molecule has 0 radical (unpaired) electrons. The Morgan fingerprint density at radius 2 is 1.62 bits per heavy atom. The van der Waals surface area contributed by atoms with Gasteiger partial charge in [-0.05, 0) is 50.5 Å². The van der Waals surface area contributed by atoms with Crippen LogP contribution < -0.4 is 5.32 Å². The summed E-state index contributed by atoms with van der Waals surface area (Å²) in [5.74, 6) is 2.21. The van der Waals surface area contributed by atoms with Gasteiger partial charge in [-0.2, -0.15) is 0 Å². The van der Waals surface area contributed by atoms with Gasteiger partial charge in [-0.3, -0.25) is 4.79 Å². The van der Waals surface area contributed by atoms with E-state index in [1.165, 1.54) is 51.5 Å². The first-order chi connectivity index (χ1) is 10.3. The third-order valence-corrected chi connectivity index (χ3v) is 5.73. The first-order valence-corrected chi connectivity index (χ1v) is 9.32. The predicted octanol–water partition coefficient (Wildman–Crippen LogP) is 3.34. The fraction of sp³-hybridized carbons (Fsp3) is 0.944. The number of hydrogen-bond acceptors (Lipinski definition) is 2. The van der Waals surface area contributed by atoms with Crippen LogP contribution in [0.5, 0.6) is 0 Å². The summed E-state index contributed by atoms with van der Waals surface area (Å²) < 4.78 is 0. The summed E-state index contributed by atoms with van der Waals surface area (Å²) in [6.07, 6.45) is 14.0. The summed E-state index contributed by atoms with van der Waals surface area (Å²) in [5.41, 5.74) is 0. The van der Waals surface area contributed by atoms with E-state index >= 15 is 0 Å². The van der Waals surface area contributed by atoms with Gasteiger partial charge in [-0.1, -0.05) is 32.1 Å². The molecule has 3 nitrogen and oxygen atoms in total. The highest BCUT2D eigenvalue weighted by molar-refractivity contribution is 5.76. The molecule has 1 saturated heterocycles. The average molecular weight is 292 g/mol. The zero-order valence-electron chi connectivity index (χ0n) is 13.5. The minimum atomic E-state index is 0.418. The molecule has 2 aliphatic carbocycles. The molecule has 0 aromatic rings. The molecule has 3 fully saturated rings. The molecule has 3 rings (SSSR count). The van der Waals surface area contributed by atoms with Gasteiger partial charge in [0.25, 0.3) is 0 Å². The molecular weight excluding hydrogens is 260 g/mol. The second-order valence-corrected chi connectivity index (χ2v) is 7.55. The fourth-order valence-corrected chi connectivity index (χ4v) is 3.95. The van der Waals surface area contributed by atoms with Crippen molar-refractivity contribution >= 4 is 5.91 Å². The highest BCUT2D eigenvalue weighted by Crippen LogP contribution is 2.29. The smallest absolute Gasteiger partial charge is 0.222 e. The molecule has 3 heteroatoms. The zero-order valence-corrected chi connectivity index (χ0v) is 13.5. The van der Waals surface area contributed by atoms with Crippen molar-refractivity contribution in [1.82, 2.24) is 10.2 Å².